The summed E-state index contributed by atoms with van der Waals surface area (Å²) in [6.07, 6.45) is 4.25. The van der Waals surface area contributed by atoms with Gasteiger partial charge in [-0.3, -0.25) is 30.6 Å². The van der Waals surface area contributed by atoms with E-state index in [1.54, 1.807) is 48.5 Å². The monoisotopic (exact) mass is 470 g/mol. The Morgan fingerprint density at radius 2 is 1.42 bits per heavy atom. The Kier molecular flexibility index (Phi) is 10.8. The Labute approximate surface area is 199 Å². The van der Waals surface area contributed by atoms with Crippen LogP contribution >= 0.6 is 12.2 Å². The van der Waals surface area contributed by atoms with Crippen molar-refractivity contribution in [3.05, 3.63) is 59.7 Å². The number of anilines is 1. The molecule has 0 fully saturated rings. The molecule has 0 aliphatic carbocycles. The molecule has 0 atom stereocenters. The predicted octanol–water partition coefficient (Wildman–Crippen LogP) is 3.94. The molecule has 9 heteroatoms. The quantitative estimate of drug-likeness (QED) is 0.238. The van der Waals surface area contributed by atoms with Crippen molar-refractivity contribution in [3.8, 4) is 5.75 Å². The molecule has 0 heterocycles. The minimum atomic E-state index is -0.441. The number of hydrogen-bond donors (Lipinski definition) is 4. The zero-order chi connectivity index (χ0) is 24.1. The fraction of sp³-hybridized carbons (Fsp3) is 0.333. The van der Waals surface area contributed by atoms with Crippen molar-refractivity contribution in [3.63, 3.8) is 0 Å². The zero-order valence-corrected chi connectivity index (χ0v) is 19.7. The van der Waals surface area contributed by atoms with Crippen LogP contribution in [0.1, 0.15) is 66.7 Å². The van der Waals surface area contributed by atoms with Crippen molar-refractivity contribution >= 4 is 40.7 Å². The lowest BCUT2D eigenvalue weighted by molar-refractivity contribution is -0.116. The van der Waals surface area contributed by atoms with Gasteiger partial charge >= 0.3 is 0 Å². The van der Waals surface area contributed by atoms with Crippen LogP contribution in [0.4, 0.5) is 5.69 Å². The van der Waals surface area contributed by atoms with E-state index in [9.17, 15) is 14.4 Å². The van der Waals surface area contributed by atoms with Crippen molar-refractivity contribution in [2.45, 2.75) is 46.0 Å². The minimum absolute atomic E-state index is 0.0450. The van der Waals surface area contributed by atoms with E-state index in [-0.39, 0.29) is 11.0 Å². The molecule has 0 saturated heterocycles. The molecule has 0 aliphatic rings. The molecule has 0 spiro atoms. The number of benzene rings is 2. The third kappa shape index (κ3) is 9.28. The van der Waals surface area contributed by atoms with Gasteiger partial charge in [0.05, 0.1) is 6.61 Å². The highest BCUT2D eigenvalue weighted by molar-refractivity contribution is 7.80. The van der Waals surface area contributed by atoms with Crippen LogP contribution in [-0.4, -0.2) is 29.4 Å². The van der Waals surface area contributed by atoms with Gasteiger partial charge in [-0.25, -0.2) is 0 Å². The normalized spacial score (nSPS) is 10.1. The molecule has 0 bridgehead atoms. The molecule has 33 heavy (non-hydrogen) atoms. The minimum Gasteiger partial charge on any atom is -0.494 e. The summed E-state index contributed by atoms with van der Waals surface area (Å²) in [5.41, 5.74) is 6.32. The number of hydrazine groups is 1. The largest absolute Gasteiger partial charge is 0.494 e. The first-order valence-corrected chi connectivity index (χ1v) is 11.4. The van der Waals surface area contributed by atoms with Gasteiger partial charge < -0.3 is 10.1 Å². The number of ether oxygens (including phenoxy) is 1. The van der Waals surface area contributed by atoms with Crippen LogP contribution in [0.15, 0.2) is 48.5 Å². The standard InChI is InChI=1S/C24H30N4O4S/c1-3-5-7-21(29)25-19-12-8-18(9-13-19)23(31)27-28-24(33)26-22(30)17-10-14-20(15-11-17)32-16-6-4-2/h8-15H,3-7,16H2,1-2H3,(H,25,29)(H,27,31)(H2,26,28,30,33). The molecule has 0 radical (unpaired) electrons. The van der Waals surface area contributed by atoms with Gasteiger partial charge in [0, 0.05) is 23.2 Å². The van der Waals surface area contributed by atoms with E-state index in [1.807, 2.05) is 6.92 Å². The van der Waals surface area contributed by atoms with Gasteiger partial charge in [0.25, 0.3) is 11.8 Å². The second-order valence-corrected chi connectivity index (χ2v) is 7.73. The van der Waals surface area contributed by atoms with Gasteiger partial charge in [0.15, 0.2) is 5.11 Å². The molecule has 2 rings (SSSR count). The highest BCUT2D eigenvalue weighted by atomic mass is 32.1. The number of carbonyl (C=O) groups excluding carboxylic acids is 3. The van der Waals surface area contributed by atoms with E-state index in [0.717, 1.165) is 25.7 Å². The Hall–Kier alpha value is -3.46. The molecular formula is C24H30N4O4S. The molecule has 176 valence electrons. The van der Waals surface area contributed by atoms with Crippen LogP contribution in [0.3, 0.4) is 0 Å². The van der Waals surface area contributed by atoms with Crippen LogP contribution in [-0.2, 0) is 4.79 Å². The van der Waals surface area contributed by atoms with E-state index in [2.05, 4.69) is 28.4 Å². The summed E-state index contributed by atoms with van der Waals surface area (Å²) in [5.74, 6) is -0.218. The maximum atomic E-state index is 12.3. The second-order valence-electron chi connectivity index (χ2n) is 7.32. The highest BCUT2D eigenvalue weighted by Gasteiger charge is 2.10. The molecular weight excluding hydrogens is 440 g/mol. The summed E-state index contributed by atoms with van der Waals surface area (Å²) >= 11 is 5.07. The SMILES string of the molecule is CCCCOc1ccc(C(=O)NC(=S)NNC(=O)c2ccc(NC(=O)CCCC)cc2)cc1. The molecule has 0 saturated carbocycles. The molecule has 4 N–H and O–H groups in total. The van der Waals surface area contributed by atoms with Gasteiger partial charge in [-0.2, -0.15) is 0 Å². The average Bonchev–Trinajstić information content (AvgIpc) is 2.82. The predicted molar refractivity (Wildman–Crippen MR) is 132 cm³/mol. The average molecular weight is 471 g/mol. The molecule has 0 unspecified atom stereocenters. The summed E-state index contributed by atoms with van der Waals surface area (Å²) < 4.78 is 5.57. The van der Waals surface area contributed by atoms with Crippen LogP contribution in [0, 0.1) is 0 Å². The van der Waals surface area contributed by atoms with Crippen LogP contribution in [0.25, 0.3) is 0 Å². The summed E-state index contributed by atoms with van der Waals surface area (Å²) in [5, 5.41) is 5.24. The number of rotatable bonds is 10. The number of thiocarbonyl (C=S) groups is 1. The van der Waals surface area contributed by atoms with E-state index in [1.165, 1.54) is 0 Å². The second kappa shape index (κ2) is 13.8. The Balaban J connectivity index is 1.77. The Bertz CT molecular complexity index is 946. The van der Waals surface area contributed by atoms with Crippen LogP contribution in [0.5, 0.6) is 5.75 Å². The number of hydrogen-bond acceptors (Lipinski definition) is 5. The summed E-state index contributed by atoms with van der Waals surface area (Å²) in [7, 11) is 0. The first-order valence-electron chi connectivity index (χ1n) is 11.0. The van der Waals surface area contributed by atoms with Crippen molar-refractivity contribution < 1.29 is 19.1 Å². The van der Waals surface area contributed by atoms with E-state index >= 15 is 0 Å². The van der Waals surface area contributed by atoms with Crippen LogP contribution < -0.4 is 26.2 Å². The zero-order valence-electron chi connectivity index (χ0n) is 18.9. The van der Waals surface area contributed by atoms with Crippen molar-refractivity contribution in [2.24, 2.45) is 0 Å². The topological polar surface area (TPSA) is 109 Å². The molecule has 2 aromatic rings. The highest BCUT2D eigenvalue weighted by Crippen LogP contribution is 2.13. The third-order valence-electron chi connectivity index (χ3n) is 4.59. The lowest BCUT2D eigenvalue weighted by Crippen LogP contribution is -2.48. The van der Waals surface area contributed by atoms with Gasteiger partial charge in [0.1, 0.15) is 5.75 Å². The fourth-order valence-corrected chi connectivity index (χ4v) is 2.84. The van der Waals surface area contributed by atoms with Crippen molar-refractivity contribution in [2.75, 3.05) is 11.9 Å². The van der Waals surface area contributed by atoms with Crippen LogP contribution in [0.2, 0.25) is 0 Å². The van der Waals surface area contributed by atoms with Gasteiger partial charge in [-0.15, -0.1) is 0 Å². The van der Waals surface area contributed by atoms with Gasteiger partial charge in [-0.1, -0.05) is 26.7 Å². The lowest BCUT2D eigenvalue weighted by atomic mass is 10.2. The maximum Gasteiger partial charge on any atom is 0.269 e. The smallest absolute Gasteiger partial charge is 0.269 e. The van der Waals surface area contributed by atoms with Crippen molar-refractivity contribution in [1.82, 2.24) is 16.2 Å². The number of carbonyl (C=O) groups is 3. The maximum absolute atomic E-state index is 12.3. The molecule has 8 nitrogen and oxygen atoms in total. The molecule has 2 aromatic carbocycles. The van der Waals surface area contributed by atoms with Gasteiger partial charge in [-0.05, 0) is 73.6 Å². The Morgan fingerprint density at radius 3 is 2.06 bits per heavy atom. The number of amides is 3. The van der Waals surface area contributed by atoms with E-state index < -0.39 is 11.8 Å². The number of nitrogens with one attached hydrogen (secondary N) is 4. The molecule has 0 aromatic heterocycles. The lowest BCUT2D eigenvalue weighted by Gasteiger charge is -2.12. The summed E-state index contributed by atoms with van der Waals surface area (Å²) in [4.78, 5) is 36.4. The van der Waals surface area contributed by atoms with Gasteiger partial charge in [0.2, 0.25) is 5.91 Å². The molecule has 3 amide bonds. The summed E-state index contributed by atoms with van der Waals surface area (Å²) in [6.45, 7) is 4.74. The first-order chi connectivity index (χ1) is 15.9. The number of unbranched alkanes of at least 4 members (excludes halogenated alkanes) is 2. The summed E-state index contributed by atoms with van der Waals surface area (Å²) in [6, 6.07) is 13.2. The third-order valence-corrected chi connectivity index (χ3v) is 4.79. The van der Waals surface area contributed by atoms with E-state index in [4.69, 9.17) is 17.0 Å². The van der Waals surface area contributed by atoms with Crippen molar-refractivity contribution in [1.29, 1.82) is 0 Å². The first kappa shape index (κ1) is 25.8. The van der Waals surface area contributed by atoms with E-state index in [0.29, 0.717) is 35.6 Å². The molecule has 0 aliphatic heterocycles. The fourth-order valence-electron chi connectivity index (χ4n) is 2.69. The Morgan fingerprint density at radius 1 is 0.818 bits per heavy atom.